The van der Waals surface area contributed by atoms with Crippen molar-refractivity contribution in [1.82, 2.24) is 0 Å². The van der Waals surface area contributed by atoms with Crippen LogP contribution in [0.4, 0.5) is 5.69 Å². The fourth-order valence-corrected chi connectivity index (χ4v) is 1.39. The van der Waals surface area contributed by atoms with Crippen LogP contribution in [0.3, 0.4) is 0 Å². The number of rotatable bonds is 2. The monoisotopic (exact) mass is 179 g/mol. The molecule has 1 aliphatic heterocycles. The number of nitrogens with two attached hydrogens (primary N) is 1. The molecule has 2 N–H and O–H groups in total. The highest BCUT2D eigenvalue weighted by Crippen LogP contribution is 2.18. The number of anilines is 1. The predicted molar refractivity (Wildman–Crippen MR) is 50.7 cm³/mol. The minimum atomic E-state index is 0.196. The smallest absolute Gasteiger partial charge is 0.124 e. The Morgan fingerprint density at radius 1 is 1.46 bits per heavy atom. The lowest BCUT2D eigenvalue weighted by Crippen LogP contribution is -2.15. The highest BCUT2D eigenvalue weighted by molar-refractivity contribution is 5.43. The van der Waals surface area contributed by atoms with Crippen LogP contribution in [0, 0.1) is 0 Å². The highest BCUT2D eigenvalue weighted by atomic mass is 16.5. The van der Waals surface area contributed by atoms with E-state index in [1.165, 1.54) is 0 Å². The Labute approximate surface area is 77.5 Å². The number of ether oxygens (including phenoxy) is 2. The van der Waals surface area contributed by atoms with Crippen LogP contribution < -0.4 is 10.5 Å². The van der Waals surface area contributed by atoms with Gasteiger partial charge in [-0.05, 0) is 12.1 Å². The lowest BCUT2D eigenvalue weighted by atomic mass is 10.3. The molecule has 13 heavy (non-hydrogen) atoms. The van der Waals surface area contributed by atoms with Gasteiger partial charge >= 0.3 is 0 Å². The van der Waals surface area contributed by atoms with E-state index in [1.807, 2.05) is 24.3 Å². The van der Waals surface area contributed by atoms with Crippen LogP contribution in [0.15, 0.2) is 24.3 Å². The zero-order valence-corrected chi connectivity index (χ0v) is 7.40. The second kappa shape index (κ2) is 3.66. The molecule has 1 saturated heterocycles. The Morgan fingerprint density at radius 3 is 3.08 bits per heavy atom. The minimum absolute atomic E-state index is 0.196. The number of nitrogen functional groups attached to an aromatic ring is 1. The van der Waals surface area contributed by atoms with Crippen molar-refractivity contribution in [3.63, 3.8) is 0 Å². The third kappa shape index (κ3) is 2.12. The molecule has 1 fully saturated rings. The lowest BCUT2D eigenvalue weighted by Gasteiger charge is -2.11. The van der Waals surface area contributed by atoms with Gasteiger partial charge in [0.25, 0.3) is 0 Å². The van der Waals surface area contributed by atoms with Crippen molar-refractivity contribution in [1.29, 1.82) is 0 Å². The molecular formula is C10H13NO2. The Bertz CT molecular complexity index is 282. The van der Waals surface area contributed by atoms with Crippen molar-refractivity contribution in [2.24, 2.45) is 0 Å². The molecule has 1 aromatic carbocycles. The standard InChI is InChI=1S/C10H13NO2/c11-8-2-1-3-9(6-8)13-10-4-5-12-7-10/h1-3,6,10H,4-5,7,11H2/t10-/m1/s1. The fourth-order valence-electron chi connectivity index (χ4n) is 1.39. The normalized spacial score (nSPS) is 21.7. The maximum atomic E-state index is 5.65. The second-order valence-corrected chi connectivity index (χ2v) is 3.18. The van der Waals surface area contributed by atoms with Crippen LogP contribution in [-0.2, 0) is 4.74 Å². The van der Waals surface area contributed by atoms with E-state index in [1.54, 1.807) is 0 Å². The van der Waals surface area contributed by atoms with Crippen molar-refractivity contribution >= 4 is 5.69 Å². The molecule has 1 heterocycles. The van der Waals surface area contributed by atoms with E-state index in [0.29, 0.717) is 6.61 Å². The molecule has 0 aliphatic carbocycles. The number of benzene rings is 1. The van der Waals surface area contributed by atoms with E-state index in [9.17, 15) is 0 Å². The molecule has 0 unspecified atom stereocenters. The Hall–Kier alpha value is -1.22. The van der Waals surface area contributed by atoms with Gasteiger partial charge in [0.2, 0.25) is 0 Å². The van der Waals surface area contributed by atoms with E-state index in [4.69, 9.17) is 15.2 Å². The third-order valence-electron chi connectivity index (χ3n) is 2.05. The first-order valence-electron chi connectivity index (χ1n) is 4.44. The van der Waals surface area contributed by atoms with E-state index < -0.39 is 0 Å². The molecule has 3 heteroatoms. The average molecular weight is 179 g/mol. The average Bonchev–Trinajstić information content (AvgIpc) is 2.57. The van der Waals surface area contributed by atoms with Gasteiger partial charge in [-0.2, -0.15) is 0 Å². The summed E-state index contributed by atoms with van der Waals surface area (Å²) >= 11 is 0. The summed E-state index contributed by atoms with van der Waals surface area (Å²) in [6, 6.07) is 7.48. The van der Waals surface area contributed by atoms with Gasteiger partial charge in [0.05, 0.1) is 13.2 Å². The molecule has 1 aliphatic rings. The van der Waals surface area contributed by atoms with E-state index in [-0.39, 0.29) is 6.10 Å². The van der Waals surface area contributed by atoms with Crippen molar-refractivity contribution < 1.29 is 9.47 Å². The van der Waals surface area contributed by atoms with E-state index in [0.717, 1.165) is 24.5 Å². The van der Waals surface area contributed by atoms with Gasteiger partial charge in [-0.25, -0.2) is 0 Å². The van der Waals surface area contributed by atoms with Gasteiger partial charge in [-0.15, -0.1) is 0 Å². The van der Waals surface area contributed by atoms with Gasteiger partial charge in [-0.1, -0.05) is 6.07 Å². The molecule has 70 valence electrons. The van der Waals surface area contributed by atoms with Crippen LogP contribution in [-0.4, -0.2) is 19.3 Å². The zero-order valence-electron chi connectivity index (χ0n) is 7.40. The van der Waals surface area contributed by atoms with Gasteiger partial charge in [-0.3, -0.25) is 0 Å². The minimum Gasteiger partial charge on any atom is -0.488 e. The third-order valence-corrected chi connectivity index (χ3v) is 2.05. The van der Waals surface area contributed by atoms with E-state index in [2.05, 4.69) is 0 Å². The molecular weight excluding hydrogens is 166 g/mol. The Kier molecular flexibility index (Phi) is 2.36. The summed E-state index contributed by atoms with van der Waals surface area (Å²) < 4.78 is 10.9. The van der Waals surface area contributed by atoms with Crippen LogP contribution in [0.25, 0.3) is 0 Å². The first-order chi connectivity index (χ1) is 6.34. The summed E-state index contributed by atoms with van der Waals surface area (Å²) in [6.45, 7) is 1.49. The maximum Gasteiger partial charge on any atom is 0.124 e. The predicted octanol–water partition coefficient (Wildman–Crippen LogP) is 1.44. The molecule has 0 radical (unpaired) electrons. The molecule has 1 atom stereocenters. The zero-order chi connectivity index (χ0) is 9.10. The SMILES string of the molecule is Nc1cccc(O[C@@H]2CCOC2)c1. The molecule has 3 nitrogen and oxygen atoms in total. The molecule has 1 aromatic rings. The summed E-state index contributed by atoms with van der Waals surface area (Å²) in [7, 11) is 0. The van der Waals surface area contributed by atoms with Crippen molar-refractivity contribution in [3.05, 3.63) is 24.3 Å². The molecule has 0 aromatic heterocycles. The van der Waals surface area contributed by atoms with Gasteiger partial charge in [0.1, 0.15) is 11.9 Å². The summed E-state index contributed by atoms with van der Waals surface area (Å²) in [5.74, 6) is 0.829. The van der Waals surface area contributed by atoms with Gasteiger partial charge in [0.15, 0.2) is 0 Å². The van der Waals surface area contributed by atoms with Crippen LogP contribution in [0.5, 0.6) is 5.75 Å². The molecule has 0 amide bonds. The lowest BCUT2D eigenvalue weighted by molar-refractivity contribution is 0.141. The van der Waals surface area contributed by atoms with Crippen molar-refractivity contribution in [2.75, 3.05) is 18.9 Å². The molecule has 2 rings (SSSR count). The Balaban J connectivity index is 2.00. The first-order valence-corrected chi connectivity index (χ1v) is 4.44. The molecule has 0 saturated carbocycles. The Morgan fingerprint density at radius 2 is 2.38 bits per heavy atom. The van der Waals surface area contributed by atoms with Crippen molar-refractivity contribution in [3.8, 4) is 5.75 Å². The van der Waals surface area contributed by atoms with Crippen molar-refractivity contribution in [2.45, 2.75) is 12.5 Å². The molecule has 0 bridgehead atoms. The fraction of sp³-hybridized carbons (Fsp3) is 0.400. The topological polar surface area (TPSA) is 44.5 Å². The highest BCUT2D eigenvalue weighted by Gasteiger charge is 2.16. The van der Waals surface area contributed by atoms with Crippen LogP contribution in [0.1, 0.15) is 6.42 Å². The van der Waals surface area contributed by atoms with Gasteiger partial charge < -0.3 is 15.2 Å². The van der Waals surface area contributed by atoms with Gasteiger partial charge in [0, 0.05) is 18.2 Å². The quantitative estimate of drug-likeness (QED) is 0.698. The summed E-state index contributed by atoms with van der Waals surface area (Å²) in [4.78, 5) is 0. The maximum absolute atomic E-state index is 5.65. The largest absolute Gasteiger partial charge is 0.488 e. The summed E-state index contributed by atoms with van der Waals surface area (Å²) in [5, 5.41) is 0. The number of hydrogen-bond donors (Lipinski definition) is 1. The molecule has 0 spiro atoms. The van der Waals surface area contributed by atoms with Crippen LogP contribution >= 0.6 is 0 Å². The number of hydrogen-bond acceptors (Lipinski definition) is 3. The summed E-state index contributed by atoms with van der Waals surface area (Å²) in [5.41, 5.74) is 6.35. The van der Waals surface area contributed by atoms with E-state index >= 15 is 0 Å². The second-order valence-electron chi connectivity index (χ2n) is 3.18. The first kappa shape index (κ1) is 8.38. The van der Waals surface area contributed by atoms with Crippen LogP contribution in [0.2, 0.25) is 0 Å². The summed E-state index contributed by atoms with van der Waals surface area (Å²) in [6.07, 6.45) is 1.16.